The number of thioether (sulfide) groups is 2. The molecule has 1 fully saturated rings. The molecule has 4 atom stereocenters. The molecule has 3 N–H and O–H groups in total. The lowest BCUT2D eigenvalue weighted by atomic mass is 10.1. The van der Waals surface area contributed by atoms with Crippen LogP contribution in [0.3, 0.4) is 0 Å². The zero-order valence-electron chi connectivity index (χ0n) is 9.43. The topological polar surface area (TPSA) is 84.5 Å². The van der Waals surface area contributed by atoms with Gasteiger partial charge in [-0.25, -0.2) is 0 Å². The van der Waals surface area contributed by atoms with Crippen LogP contribution in [-0.2, 0) is 0 Å². The van der Waals surface area contributed by atoms with Gasteiger partial charge in [0.2, 0.25) is 0 Å². The number of aliphatic hydroxyl groups excluding tert-OH is 3. The van der Waals surface area contributed by atoms with Crippen LogP contribution in [0.4, 0.5) is 0 Å². The van der Waals surface area contributed by atoms with Crippen LogP contribution < -0.4 is 0 Å². The molecular weight excluding hydrogens is 270 g/mol. The summed E-state index contributed by atoms with van der Waals surface area (Å²) < 4.78 is -0.212. The molecule has 0 saturated carbocycles. The molecule has 0 radical (unpaired) electrons. The largest absolute Gasteiger partial charge is 0.389 e. The van der Waals surface area contributed by atoms with Gasteiger partial charge < -0.3 is 15.3 Å². The zero-order chi connectivity index (χ0) is 13.1. The molecular formula is C12H13NO3S2. The number of aliphatic hydroxyl groups is 3. The van der Waals surface area contributed by atoms with E-state index < -0.39 is 18.3 Å². The highest BCUT2D eigenvalue weighted by Crippen LogP contribution is 2.38. The molecule has 0 aromatic heterocycles. The molecule has 6 heteroatoms. The summed E-state index contributed by atoms with van der Waals surface area (Å²) in [5.74, 6) is 0.409. The Morgan fingerprint density at radius 2 is 1.83 bits per heavy atom. The minimum Gasteiger partial charge on any atom is -0.389 e. The van der Waals surface area contributed by atoms with Crippen LogP contribution in [0.15, 0.2) is 29.2 Å². The van der Waals surface area contributed by atoms with Crippen LogP contribution >= 0.6 is 23.5 Å². The lowest BCUT2D eigenvalue weighted by Gasteiger charge is -2.34. The maximum Gasteiger partial charge on any atom is 0.108 e. The molecule has 1 aliphatic rings. The van der Waals surface area contributed by atoms with E-state index in [1.807, 2.05) is 18.2 Å². The molecule has 18 heavy (non-hydrogen) atoms. The fourth-order valence-electron chi connectivity index (χ4n) is 1.63. The number of hydrogen-bond acceptors (Lipinski definition) is 6. The Kier molecular flexibility index (Phi) is 4.54. The quantitative estimate of drug-likeness (QED) is 0.745. The third-order valence-electron chi connectivity index (χ3n) is 2.69. The Balaban J connectivity index is 2.02. The molecule has 0 aliphatic carbocycles. The molecule has 1 aromatic rings. The fourth-order valence-corrected chi connectivity index (χ4v) is 4.27. The van der Waals surface area contributed by atoms with Crippen LogP contribution in [0.2, 0.25) is 0 Å². The first-order valence-corrected chi connectivity index (χ1v) is 7.37. The number of hydrogen-bond donors (Lipinski definition) is 3. The molecule has 1 heterocycles. The Hall–Kier alpha value is -0.710. The van der Waals surface area contributed by atoms with Gasteiger partial charge in [0, 0.05) is 10.6 Å². The van der Waals surface area contributed by atoms with Crippen molar-refractivity contribution in [1.82, 2.24) is 0 Å². The van der Waals surface area contributed by atoms with E-state index in [4.69, 9.17) is 5.26 Å². The molecule has 0 spiro atoms. The number of nitriles is 1. The average molecular weight is 283 g/mol. The molecule has 1 aliphatic heterocycles. The first-order chi connectivity index (χ1) is 8.61. The fraction of sp³-hybridized carbons (Fsp3) is 0.417. The predicted molar refractivity (Wildman–Crippen MR) is 71.3 cm³/mol. The second kappa shape index (κ2) is 5.95. The Labute approximate surface area is 114 Å². The molecule has 4 nitrogen and oxygen atoms in total. The second-order valence-corrected chi connectivity index (χ2v) is 6.69. The maximum absolute atomic E-state index is 9.87. The summed E-state index contributed by atoms with van der Waals surface area (Å²) in [5, 5.41) is 37.6. The monoisotopic (exact) mass is 283 g/mol. The summed E-state index contributed by atoms with van der Waals surface area (Å²) in [6.45, 7) is 0. The van der Waals surface area contributed by atoms with Gasteiger partial charge in [-0.2, -0.15) is 5.26 Å². The van der Waals surface area contributed by atoms with E-state index >= 15 is 0 Å². The van der Waals surface area contributed by atoms with Crippen molar-refractivity contribution >= 4 is 23.5 Å². The smallest absolute Gasteiger partial charge is 0.108 e. The highest BCUT2D eigenvalue weighted by molar-refractivity contribution is 8.17. The van der Waals surface area contributed by atoms with E-state index in [0.717, 1.165) is 4.90 Å². The molecule has 1 aromatic carbocycles. The third kappa shape index (κ3) is 2.99. The van der Waals surface area contributed by atoms with Crippen molar-refractivity contribution in [3.63, 3.8) is 0 Å². The van der Waals surface area contributed by atoms with Gasteiger partial charge in [-0.15, -0.1) is 23.5 Å². The SMILES string of the molecule is N#Cc1ccc(S[C@H]2SC[C@@H](O)[C@@H](O)[C@H]2O)cc1. The minimum atomic E-state index is -1.10. The van der Waals surface area contributed by atoms with Crippen molar-refractivity contribution in [1.29, 1.82) is 5.26 Å². The first-order valence-electron chi connectivity index (χ1n) is 5.44. The van der Waals surface area contributed by atoms with Crippen LogP contribution in [0.25, 0.3) is 0 Å². The standard InChI is InChI=1S/C12H13NO3S2/c13-5-7-1-3-8(4-2-7)18-12-11(16)10(15)9(14)6-17-12/h1-4,9-12,14-16H,6H2/t9-,10-,11-,12-/m1/s1. The van der Waals surface area contributed by atoms with Crippen LogP contribution in [-0.4, -0.2) is 44.0 Å². The molecule has 0 unspecified atom stereocenters. The summed E-state index contributed by atoms with van der Waals surface area (Å²) in [6, 6.07) is 9.10. The van der Waals surface area contributed by atoms with Gasteiger partial charge in [-0.05, 0) is 24.3 Å². The van der Waals surface area contributed by atoms with Crippen LogP contribution in [0.1, 0.15) is 5.56 Å². The summed E-state index contributed by atoms with van der Waals surface area (Å²) >= 11 is 2.86. The Morgan fingerprint density at radius 1 is 1.17 bits per heavy atom. The first kappa shape index (κ1) is 13.7. The summed E-state index contributed by atoms with van der Waals surface area (Å²) in [5.41, 5.74) is 0.589. The van der Waals surface area contributed by atoms with E-state index in [0.29, 0.717) is 11.3 Å². The van der Waals surface area contributed by atoms with E-state index in [2.05, 4.69) is 0 Å². The highest BCUT2D eigenvalue weighted by atomic mass is 32.2. The van der Waals surface area contributed by atoms with Crippen LogP contribution in [0.5, 0.6) is 0 Å². The molecule has 1 saturated heterocycles. The Bertz CT molecular complexity index is 446. The third-order valence-corrected chi connectivity index (χ3v) is 5.58. The predicted octanol–water partition coefficient (Wildman–Crippen LogP) is 0.806. The van der Waals surface area contributed by atoms with E-state index in [1.165, 1.54) is 23.5 Å². The lowest BCUT2D eigenvalue weighted by Crippen LogP contribution is -2.47. The minimum absolute atomic E-state index is 0.212. The van der Waals surface area contributed by atoms with E-state index in [1.54, 1.807) is 12.1 Å². The van der Waals surface area contributed by atoms with Gasteiger partial charge in [-0.1, -0.05) is 0 Å². The van der Waals surface area contributed by atoms with Crippen molar-refractivity contribution in [3.05, 3.63) is 29.8 Å². The molecule has 2 rings (SSSR count). The van der Waals surface area contributed by atoms with Gasteiger partial charge in [0.05, 0.1) is 22.3 Å². The molecule has 96 valence electrons. The van der Waals surface area contributed by atoms with E-state index in [-0.39, 0.29) is 4.58 Å². The van der Waals surface area contributed by atoms with Gasteiger partial charge in [0.1, 0.15) is 12.2 Å². The lowest BCUT2D eigenvalue weighted by molar-refractivity contribution is -0.0474. The van der Waals surface area contributed by atoms with Gasteiger partial charge in [0.15, 0.2) is 0 Å². The van der Waals surface area contributed by atoms with Crippen molar-refractivity contribution in [2.24, 2.45) is 0 Å². The summed E-state index contributed by atoms with van der Waals surface area (Å²) in [4.78, 5) is 0.925. The van der Waals surface area contributed by atoms with Crippen molar-refractivity contribution in [2.75, 3.05) is 5.75 Å². The van der Waals surface area contributed by atoms with Gasteiger partial charge in [-0.3, -0.25) is 0 Å². The number of benzene rings is 1. The van der Waals surface area contributed by atoms with Crippen molar-refractivity contribution < 1.29 is 15.3 Å². The normalized spacial score (nSPS) is 31.9. The zero-order valence-corrected chi connectivity index (χ0v) is 11.1. The molecule has 0 amide bonds. The maximum atomic E-state index is 9.87. The second-order valence-electron chi connectivity index (χ2n) is 4.00. The number of nitrogens with zero attached hydrogens (tertiary/aromatic N) is 1. The van der Waals surface area contributed by atoms with Gasteiger partial charge >= 0.3 is 0 Å². The summed E-state index contributed by atoms with van der Waals surface area (Å²) in [6.07, 6.45) is -2.93. The van der Waals surface area contributed by atoms with Gasteiger partial charge in [0.25, 0.3) is 0 Å². The molecule has 0 bridgehead atoms. The summed E-state index contributed by atoms with van der Waals surface area (Å²) in [7, 11) is 0. The highest BCUT2D eigenvalue weighted by Gasteiger charge is 2.37. The van der Waals surface area contributed by atoms with Crippen LogP contribution in [0, 0.1) is 11.3 Å². The Morgan fingerprint density at radius 3 is 2.44 bits per heavy atom. The van der Waals surface area contributed by atoms with Crippen molar-refractivity contribution in [3.8, 4) is 6.07 Å². The average Bonchev–Trinajstić information content (AvgIpc) is 2.40. The van der Waals surface area contributed by atoms with E-state index in [9.17, 15) is 15.3 Å². The number of rotatable bonds is 2. The van der Waals surface area contributed by atoms with Crippen molar-refractivity contribution in [2.45, 2.75) is 27.8 Å².